The third kappa shape index (κ3) is 4.13. The summed E-state index contributed by atoms with van der Waals surface area (Å²) in [5.74, 6) is 0. The number of anilines is 1. The van der Waals surface area contributed by atoms with Crippen molar-refractivity contribution in [1.29, 1.82) is 0 Å². The number of aromatic nitrogens is 1. The molecule has 0 bridgehead atoms. The summed E-state index contributed by atoms with van der Waals surface area (Å²) >= 11 is 1.65. The molecule has 2 aromatic rings. The summed E-state index contributed by atoms with van der Waals surface area (Å²) in [6.45, 7) is 2.02. The van der Waals surface area contributed by atoms with Crippen molar-refractivity contribution >= 4 is 17.0 Å². The summed E-state index contributed by atoms with van der Waals surface area (Å²) in [6, 6.07) is 8.15. The Morgan fingerprint density at radius 1 is 1.28 bits per heavy atom. The molecule has 0 aliphatic rings. The fraction of sp³-hybridized carbons (Fsp3) is 0.357. The molecule has 0 fully saturated rings. The van der Waals surface area contributed by atoms with E-state index in [2.05, 4.69) is 34.4 Å². The number of nitrogen functional groups attached to an aromatic ring is 1. The van der Waals surface area contributed by atoms with Gasteiger partial charge in [-0.15, -0.1) is 11.3 Å². The standard InChI is InChI=1S/C14H19N3S/c1-17(9-14-10-18-11-16-14)8-2-3-12-4-6-13(15)7-5-12/h4-7,10-11H,2-3,8-9,15H2,1H3. The normalized spacial score (nSPS) is 11.0. The second-order valence-corrected chi connectivity index (χ2v) is 5.28. The van der Waals surface area contributed by atoms with Crippen LogP contribution >= 0.6 is 11.3 Å². The first-order valence-electron chi connectivity index (χ1n) is 6.14. The van der Waals surface area contributed by atoms with E-state index < -0.39 is 0 Å². The number of rotatable bonds is 6. The minimum Gasteiger partial charge on any atom is -0.399 e. The lowest BCUT2D eigenvalue weighted by molar-refractivity contribution is 0.319. The zero-order valence-electron chi connectivity index (χ0n) is 10.7. The first kappa shape index (κ1) is 13.1. The Bertz CT molecular complexity index is 450. The fourth-order valence-corrected chi connectivity index (χ4v) is 2.46. The highest BCUT2D eigenvalue weighted by Crippen LogP contribution is 2.09. The Kier molecular flexibility index (Phi) is 4.73. The van der Waals surface area contributed by atoms with Gasteiger partial charge in [0.2, 0.25) is 0 Å². The number of benzene rings is 1. The van der Waals surface area contributed by atoms with Crippen LogP contribution in [0.2, 0.25) is 0 Å². The van der Waals surface area contributed by atoms with E-state index in [0.29, 0.717) is 0 Å². The largest absolute Gasteiger partial charge is 0.399 e. The van der Waals surface area contributed by atoms with Crippen LogP contribution in [-0.2, 0) is 13.0 Å². The molecule has 0 radical (unpaired) electrons. The number of thiazole rings is 1. The van der Waals surface area contributed by atoms with E-state index in [1.807, 2.05) is 17.6 Å². The molecule has 1 heterocycles. The van der Waals surface area contributed by atoms with Crippen LogP contribution in [0.4, 0.5) is 5.69 Å². The molecule has 0 atom stereocenters. The topological polar surface area (TPSA) is 42.1 Å². The van der Waals surface area contributed by atoms with Gasteiger partial charge in [-0.3, -0.25) is 0 Å². The van der Waals surface area contributed by atoms with Crippen LogP contribution < -0.4 is 5.73 Å². The molecule has 0 aliphatic carbocycles. The third-order valence-electron chi connectivity index (χ3n) is 2.90. The smallest absolute Gasteiger partial charge is 0.0795 e. The Balaban J connectivity index is 1.70. The molecule has 1 aromatic carbocycles. The first-order valence-corrected chi connectivity index (χ1v) is 7.08. The Morgan fingerprint density at radius 3 is 2.72 bits per heavy atom. The second kappa shape index (κ2) is 6.52. The molecule has 1 aromatic heterocycles. The summed E-state index contributed by atoms with van der Waals surface area (Å²) in [6.07, 6.45) is 2.26. The van der Waals surface area contributed by atoms with Gasteiger partial charge in [0.15, 0.2) is 0 Å². The van der Waals surface area contributed by atoms with E-state index in [4.69, 9.17) is 5.73 Å². The minimum absolute atomic E-state index is 0.833. The van der Waals surface area contributed by atoms with Crippen LogP contribution in [0.3, 0.4) is 0 Å². The summed E-state index contributed by atoms with van der Waals surface area (Å²) in [7, 11) is 2.14. The molecular weight excluding hydrogens is 242 g/mol. The summed E-state index contributed by atoms with van der Waals surface area (Å²) in [5.41, 5.74) is 10.9. The molecular formula is C14H19N3S. The van der Waals surface area contributed by atoms with Crippen LogP contribution in [0.5, 0.6) is 0 Å². The molecule has 0 unspecified atom stereocenters. The van der Waals surface area contributed by atoms with Crippen molar-refractivity contribution in [2.24, 2.45) is 0 Å². The molecule has 0 amide bonds. The first-order chi connectivity index (χ1) is 8.74. The molecule has 0 spiro atoms. The maximum atomic E-state index is 5.67. The number of aryl methyl sites for hydroxylation is 1. The number of hydrogen-bond acceptors (Lipinski definition) is 4. The predicted octanol–water partition coefficient (Wildman–Crippen LogP) is 2.79. The van der Waals surface area contributed by atoms with Gasteiger partial charge >= 0.3 is 0 Å². The van der Waals surface area contributed by atoms with Gasteiger partial charge in [-0.25, -0.2) is 4.98 Å². The average molecular weight is 261 g/mol. The lowest BCUT2D eigenvalue weighted by Crippen LogP contribution is -2.19. The highest BCUT2D eigenvalue weighted by atomic mass is 32.1. The molecule has 4 heteroatoms. The van der Waals surface area contributed by atoms with Crippen LogP contribution in [0, 0.1) is 0 Å². The zero-order valence-corrected chi connectivity index (χ0v) is 11.5. The van der Waals surface area contributed by atoms with Crippen LogP contribution in [0.15, 0.2) is 35.2 Å². The molecule has 18 heavy (non-hydrogen) atoms. The van der Waals surface area contributed by atoms with Gasteiger partial charge in [-0.05, 0) is 44.1 Å². The predicted molar refractivity (Wildman–Crippen MR) is 77.6 cm³/mol. The van der Waals surface area contributed by atoms with E-state index in [1.165, 1.54) is 5.56 Å². The molecule has 0 saturated heterocycles. The highest BCUT2D eigenvalue weighted by molar-refractivity contribution is 7.07. The van der Waals surface area contributed by atoms with Crippen LogP contribution in [0.1, 0.15) is 17.7 Å². The van der Waals surface area contributed by atoms with E-state index in [-0.39, 0.29) is 0 Å². The van der Waals surface area contributed by atoms with Gasteiger partial charge in [0.25, 0.3) is 0 Å². The zero-order chi connectivity index (χ0) is 12.8. The van der Waals surface area contributed by atoms with Crippen LogP contribution in [-0.4, -0.2) is 23.5 Å². The fourth-order valence-electron chi connectivity index (χ4n) is 1.91. The minimum atomic E-state index is 0.833. The van der Waals surface area contributed by atoms with Crippen molar-refractivity contribution in [3.63, 3.8) is 0 Å². The van der Waals surface area contributed by atoms with E-state index in [9.17, 15) is 0 Å². The van der Waals surface area contributed by atoms with Crippen molar-refractivity contribution in [2.45, 2.75) is 19.4 Å². The number of nitrogens with two attached hydrogens (primary N) is 1. The van der Waals surface area contributed by atoms with E-state index in [1.54, 1.807) is 11.3 Å². The summed E-state index contributed by atoms with van der Waals surface area (Å²) in [4.78, 5) is 6.61. The summed E-state index contributed by atoms with van der Waals surface area (Å²) in [5, 5.41) is 2.11. The molecule has 96 valence electrons. The number of hydrogen-bond donors (Lipinski definition) is 1. The van der Waals surface area contributed by atoms with Gasteiger partial charge in [-0.1, -0.05) is 12.1 Å². The van der Waals surface area contributed by atoms with Crippen molar-refractivity contribution in [1.82, 2.24) is 9.88 Å². The maximum Gasteiger partial charge on any atom is 0.0795 e. The summed E-state index contributed by atoms with van der Waals surface area (Å²) < 4.78 is 0. The Labute approximate surface area is 112 Å². The monoisotopic (exact) mass is 261 g/mol. The molecule has 0 saturated carbocycles. The van der Waals surface area contributed by atoms with Crippen molar-refractivity contribution < 1.29 is 0 Å². The maximum absolute atomic E-state index is 5.67. The SMILES string of the molecule is CN(CCCc1ccc(N)cc1)Cc1cscn1. The van der Waals surface area contributed by atoms with Crippen LogP contribution in [0.25, 0.3) is 0 Å². The third-order valence-corrected chi connectivity index (χ3v) is 3.54. The molecule has 2 rings (SSSR count). The van der Waals surface area contributed by atoms with Crippen molar-refractivity contribution in [3.8, 4) is 0 Å². The van der Waals surface area contributed by atoms with Gasteiger partial charge in [-0.2, -0.15) is 0 Å². The van der Waals surface area contributed by atoms with Gasteiger partial charge in [0.05, 0.1) is 11.2 Å². The molecule has 3 nitrogen and oxygen atoms in total. The van der Waals surface area contributed by atoms with Crippen molar-refractivity contribution in [3.05, 3.63) is 46.4 Å². The molecule has 2 N–H and O–H groups in total. The average Bonchev–Trinajstić information content (AvgIpc) is 2.84. The van der Waals surface area contributed by atoms with Gasteiger partial charge < -0.3 is 10.6 Å². The number of nitrogens with zero attached hydrogens (tertiary/aromatic N) is 2. The quantitative estimate of drug-likeness (QED) is 0.813. The van der Waals surface area contributed by atoms with E-state index >= 15 is 0 Å². The Morgan fingerprint density at radius 2 is 2.06 bits per heavy atom. The van der Waals surface area contributed by atoms with Crippen molar-refractivity contribution in [2.75, 3.05) is 19.3 Å². The van der Waals surface area contributed by atoms with Gasteiger partial charge in [0.1, 0.15) is 0 Å². The highest BCUT2D eigenvalue weighted by Gasteiger charge is 2.02. The Hall–Kier alpha value is -1.39. The lowest BCUT2D eigenvalue weighted by atomic mass is 10.1. The van der Waals surface area contributed by atoms with E-state index in [0.717, 1.165) is 37.3 Å². The molecule has 0 aliphatic heterocycles. The van der Waals surface area contributed by atoms with Gasteiger partial charge in [0, 0.05) is 17.6 Å². The second-order valence-electron chi connectivity index (χ2n) is 4.56. The lowest BCUT2D eigenvalue weighted by Gasteiger charge is -2.14.